The van der Waals surface area contributed by atoms with Gasteiger partial charge in [0.25, 0.3) is 0 Å². The summed E-state index contributed by atoms with van der Waals surface area (Å²) in [5, 5.41) is 7.20. The second kappa shape index (κ2) is 6.81. The van der Waals surface area contributed by atoms with Gasteiger partial charge in [-0.1, -0.05) is 41.6 Å². The average molecular weight is 332 g/mol. The third-order valence-electron chi connectivity index (χ3n) is 4.40. The quantitative estimate of drug-likeness (QED) is 0.563. The molecule has 0 saturated carbocycles. The predicted octanol–water partition coefficient (Wildman–Crippen LogP) is 3.76. The van der Waals surface area contributed by atoms with Crippen molar-refractivity contribution in [3.63, 3.8) is 0 Å². The molecule has 0 amide bonds. The van der Waals surface area contributed by atoms with Crippen molar-refractivity contribution in [1.82, 2.24) is 5.16 Å². The van der Waals surface area contributed by atoms with Crippen LogP contribution in [0.1, 0.15) is 23.2 Å². The maximum absolute atomic E-state index is 6.00. The van der Waals surface area contributed by atoms with Crippen molar-refractivity contribution in [2.24, 2.45) is 10.7 Å². The van der Waals surface area contributed by atoms with Crippen LogP contribution in [0, 0.1) is 0 Å². The Hall–Kier alpha value is -3.08. The lowest BCUT2D eigenvalue weighted by molar-refractivity contribution is 0.424. The minimum atomic E-state index is 0.375. The summed E-state index contributed by atoms with van der Waals surface area (Å²) in [4.78, 5) is 4.35. The Morgan fingerprint density at radius 3 is 2.80 bits per heavy atom. The summed E-state index contributed by atoms with van der Waals surface area (Å²) < 4.78 is 5.37. The zero-order valence-corrected chi connectivity index (χ0v) is 13.9. The fraction of sp³-hybridized carbons (Fsp3) is 0.200. The standard InChI is InChI=1S/C20H20N4O/c21-20(23-17-10-9-14-7-4-8-16(14)11-17)22-13-18-12-19(25-24-18)15-5-2-1-3-6-15/h1-3,5-6,9-12H,4,7-8,13H2,(H3,21,22,23). The molecule has 3 aromatic rings. The van der Waals surface area contributed by atoms with Crippen LogP contribution in [0.2, 0.25) is 0 Å². The van der Waals surface area contributed by atoms with E-state index < -0.39 is 0 Å². The first-order chi connectivity index (χ1) is 12.3. The van der Waals surface area contributed by atoms with Gasteiger partial charge in [0, 0.05) is 17.3 Å². The number of fused-ring (bicyclic) bond motifs is 1. The van der Waals surface area contributed by atoms with E-state index in [-0.39, 0.29) is 0 Å². The third-order valence-corrected chi connectivity index (χ3v) is 4.40. The molecule has 0 atom stereocenters. The molecular formula is C20H20N4O. The molecule has 0 fully saturated rings. The summed E-state index contributed by atoms with van der Waals surface area (Å²) in [5.41, 5.74) is 11.6. The normalized spacial score (nSPS) is 13.7. The van der Waals surface area contributed by atoms with E-state index in [0.717, 1.165) is 29.1 Å². The number of aryl methyl sites for hydroxylation is 2. The van der Waals surface area contributed by atoms with Crippen molar-refractivity contribution < 1.29 is 4.52 Å². The van der Waals surface area contributed by atoms with Crippen LogP contribution in [-0.2, 0) is 19.4 Å². The maximum atomic E-state index is 6.00. The highest BCUT2D eigenvalue weighted by Gasteiger charge is 2.11. The number of nitrogens with zero attached hydrogens (tertiary/aromatic N) is 2. The largest absolute Gasteiger partial charge is 0.370 e. The highest BCUT2D eigenvalue weighted by molar-refractivity contribution is 5.92. The van der Waals surface area contributed by atoms with Gasteiger partial charge < -0.3 is 15.6 Å². The van der Waals surface area contributed by atoms with E-state index in [1.54, 1.807) is 0 Å². The van der Waals surface area contributed by atoms with Crippen molar-refractivity contribution in [2.45, 2.75) is 25.8 Å². The number of anilines is 1. The molecule has 0 aliphatic heterocycles. The highest BCUT2D eigenvalue weighted by atomic mass is 16.5. The van der Waals surface area contributed by atoms with Gasteiger partial charge >= 0.3 is 0 Å². The molecule has 1 aromatic heterocycles. The number of nitrogens with one attached hydrogen (secondary N) is 1. The lowest BCUT2D eigenvalue weighted by Crippen LogP contribution is -2.22. The van der Waals surface area contributed by atoms with E-state index in [1.807, 2.05) is 36.4 Å². The van der Waals surface area contributed by atoms with E-state index in [9.17, 15) is 0 Å². The van der Waals surface area contributed by atoms with Crippen LogP contribution in [0.4, 0.5) is 5.69 Å². The van der Waals surface area contributed by atoms with Gasteiger partial charge in [-0.3, -0.25) is 0 Å². The Morgan fingerprint density at radius 1 is 1.08 bits per heavy atom. The molecule has 0 saturated heterocycles. The van der Waals surface area contributed by atoms with Crippen LogP contribution in [0.3, 0.4) is 0 Å². The first-order valence-corrected chi connectivity index (χ1v) is 8.48. The van der Waals surface area contributed by atoms with Crippen LogP contribution >= 0.6 is 0 Å². The summed E-state index contributed by atoms with van der Waals surface area (Å²) in [6.07, 6.45) is 3.55. The summed E-state index contributed by atoms with van der Waals surface area (Å²) in [6.45, 7) is 0.375. The van der Waals surface area contributed by atoms with Gasteiger partial charge in [-0.25, -0.2) is 4.99 Å². The van der Waals surface area contributed by atoms with Crippen molar-refractivity contribution in [3.05, 3.63) is 71.4 Å². The zero-order valence-electron chi connectivity index (χ0n) is 13.9. The van der Waals surface area contributed by atoms with Crippen LogP contribution in [0.25, 0.3) is 11.3 Å². The molecule has 25 heavy (non-hydrogen) atoms. The average Bonchev–Trinajstić information content (AvgIpc) is 3.30. The Morgan fingerprint density at radius 2 is 1.92 bits per heavy atom. The van der Waals surface area contributed by atoms with Crippen molar-refractivity contribution in [1.29, 1.82) is 0 Å². The molecule has 0 radical (unpaired) electrons. The molecule has 0 bridgehead atoms. The number of hydrogen-bond acceptors (Lipinski definition) is 3. The van der Waals surface area contributed by atoms with Gasteiger partial charge in [-0.2, -0.15) is 0 Å². The number of benzene rings is 2. The van der Waals surface area contributed by atoms with Gasteiger partial charge in [0.15, 0.2) is 11.7 Å². The molecule has 0 spiro atoms. The zero-order chi connectivity index (χ0) is 17.1. The number of aliphatic imine (C=N–C) groups is 1. The van der Waals surface area contributed by atoms with E-state index in [4.69, 9.17) is 10.3 Å². The molecule has 126 valence electrons. The fourth-order valence-corrected chi connectivity index (χ4v) is 3.13. The number of aromatic nitrogens is 1. The molecule has 1 heterocycles. The predicted molar refractivity (Wildman–Crippen MR) is 99.4 cm³/mol. The second-order valence-corrected chi connectivity index (χ2v) is 6.21. The van der Waals surface area contributed by atoms with Crippen LogP contribution in [0.15, 0.2) is 64.1 Å². The molecule has 4 rings (SSSR count). The monoisotopic (exact) mass is 332 g/mol. The molecule has 1 aliphatic rings. The van der Waals surface area contributed by atoms with Gasteiger partial charge in [0.2, 0.25) is 0 Å². The smallest absolute Gasteiger partial charge is 0.193 e. The second-order valence-electron chi connectivity index (χ2n) is 6.21. The number of rotatable bonds is 4. The number of hydrogen-bond donors (Lipinski definition) is 2. The number of guanidine groups is 1. The van der Waals surface area contributed by atoms with E-state index in [0.29, 0.717) is 12.5 Å². The SMILES string of the molecule is NC(=NCc1cc(-c2ccccc2)on1)Nc1ccc2c(c1)CCC2. The Kier molecular flexibility index (Phi) is 4.21. The topological polar surface area (TPSA) is 76.4 Å². The minimum Gasteiger partial charge on any atom is -0.370 e. The molecule has 0 unspecified atom stereocenters. The first kappa shape index (κ1) is 15.4. The summed E-state index contributed by atoms with van der Waals surface area (Å²) in [5.74, 6) is 1.11. The Balaban J connectivity index is 1.41. The lowest BCUT2D eigenvalue weighted by atomic mass is 10.1. The highest BCUT2D eigenvalue weighted by Crippen LogP contribution is 2.25. The van der Waals surface area contributed by atoms with Crippen molar-refractivity contribution in [3.8, 4) is 11.3 Å². The van der Waals surface area contributed by atoms with Gasteiger partial charge in [-0.05, 0) is 42.5 Å². The van der Waals surface area contributed by atoms with E-state index >= 15 is 0 Å². The molecule has 5 heteroatoms. The van der Waals surface area contributed by atoms with Crippen molar-refractivity contribution in [2.75, 3.05) is 5.32 Å². The summed E-state index contributed by atoms with van der Waals surface area (Å²) >= 11 is 0. The fourth-order valence-electron chi connectivity index (χ4n) is 3.13. The van der Waals surface area contributed by atoms with E-state index in [2.05, 4.69) is 33.7 Å². The summed E-state index contributed by atoms with van der Waals surface area (Å²) in [6, 6.07) is 18.1. The Labute approximate surface area is 146 Å². The summed E-state index contributed by atoms with van der Waals surface area (Å²) in [7, 11) is 0. The van der Waals surface area contributed by atoms with Crippen molar-refractivity contribution >= 4 is 11.6 Å². The minimum absolute atomic E-state index is 0.375. The molecule has 1 aliphatic carbocycles. The molecule has 2 aromatic carbocycles. The first-order valence-electron chi connectivity index (χ1n) is 8.48. The van der Waals surface area contributed by atoms with Crippen LogP contribution in [-0.4, -0.2) is 11.1 Å². The Bertz CT molecular complexity index is 899. The van der Waals surface area contributed by atoms with Crippen LogP contribution in [0.5, 0.6) is 0 Å². The molecular weight excluding hydrogens is 312 g/mol. The maximum Gasteiger partial charge on any atom is 0.193 e. The van der Waals surface area contributed by atoms with E-state index in [1.165, 1.54) is 24.0 Å². The molecule has 5 nitrogen and oxygen atoms in total. The molecule has 3 N–H and O–H groups in total. The third kappa shape index (κ3) is 3.55. The van der Waals surface area contributed by atoms with Gasteiger partial charge in [0.1, 0.15) is 5.69 Å². The van der Waals surface area contributed by atoms with Crippen LogP contribution < -0.4 is 11.1 Å². The van der Waals surface area contributed by atoms with Gasteiger partial charge in [0.05, 0.1) is 6.54 Å². The number of nitrogens with two attached hydrogens (primary N) is 1. The van der Waals surface area contributed by atoms with Gasteiger partial charge in [-0.15, -0.1) is 0 Å². The lowest BCUT2D eigenvalue weighted by Gasteiger charge is -2.07.